The molecule has 0 fully saturated rings. The molecule has 0 radical (unpaired) electrons. The van der Waals surface area contributed by atoms with E-state index in [-0.39, 0.29) is 12.1 Å². The number of nitrogens with zero attached hydrogens (tertiary/aromatic N) is 1. The number of aliphatic hydroxyl groups is 1. The quantitative estimate of drug-likeness (QED) is 0.849. The van der Waals surface area contributed by atoms with E-state index in [9.17, 15) is 5.11 Å². The van der Waals surface area contributed by atoms with Gasteiger partial charge in [0.05, 0.1) is 16.8 Å². The first-order chi connectivity index (χ1) is 11.2. The van der Waals surface area contributed by atoms with Crippen molar-refractivity contribution in [2.75, 3.05) is 0 Å². The van der Waals surface area contributed by atoms with E-state index in [1.54, 1.807) is 0 Å². The fraction of sp³-hybridized carbons (Fsp3) is 0.526. The van der Waals surface area contributed by atoms with E-state index >= 15 is 0 Å². The Kier molecular flexibility index (Phi) is 5.46. The normalized spacial score (nSPS) is 20.0. The fourth-order valence-electron chi connectivity index (χ4n) is 3.24. The van der Waals surface area contributed by atoms with Gasteiger partial charge in [0.25, 0.3) is 0 Å². The SMILES string of the molecule is CCc1nc2c(s1)C(NC(C)C(O)Cc1ccccc1)CCC2. The van der Waals surface area contributed by atoms with Crippen LogP contribution in [-0.4, -0.2) is 22.2 Å². The van der Waals surface area contributed by atoms with E-state index in [1.807, 2.05) is 29.5 Å². The van der Waals surface area contributed by atoms with Crippen molar-refractivity contribution in [2.24, 2.45) is 0 Å². The van der Waals surface area contributed by atoms with Gasteiger partial charge in [-0.1, -0.05) is 37.3 Å². The Morgan fingerprint density at radius 1 is 1.35 bits per heavy atom. The number of fused-ring (bicyclic) bond motifs is 1. The maximum atomic E-state index is 10.5. The van der Waals surface area contributed by atoms with Gasteiger partial charge in [-0.15, -0.1) is 11.3 Å². The fourth-order valence-corrected chi connectivity index (χ4v) is 4.39. The Bertz CT molecular complexity index is 626. The molecule has 0 spiro atoms. The Morgan fingerprint density at radius 3 is 2.87 bits per heavy atom. The maximum Gasteiger partial charge on any atom is 0.0928 e. The second-order valence-electron chi connectivity index (χ2n) is 6.43. The Labute approximate surface area is 142 Å². The molecular weight excluding hydrogens is 304 g/mol. The van der Waals surface area contributed by atoms with Gasteiger partial charge in [0.2, 0.25) is 0 Å². The molecule has 0 bridgehead atoms. The van der Waals surface area contributed by atoms with Crippen molar-refractivity contribution in [1.82, 2.24) is 10.3 Å². The first kappa shape index (κ1) is 16.6. The van der Waals surface area contributed by atoms with Crippen LogP contribution in [0.15, 0.2) is 30.3 Å². The number of hydrogen-bond acceptors (Lipinski definition) is 4. The highest BCUT2D eigenvalue weighted by Gasteiger charge is 2.27. The first-order valence-electron chi connectivity index (χ1n) is 8.64. The topological polar surface area (TPSA) is 45.2 Å². The average molecular weight is 330 g/mol. The van der Waals surface area contributed by atoms with Crippen molar-refractivity contribution in [3.8, 4) is 0 Å². The van der Waals surface area contributed by atoms with E-state index in [0.717, 1.165) is 19.3 Å². The van der Waals surface area contributed by atoms with E-state index < -0.39 is 0 Å². The minimum Gasteiger partial charge on any atom is -0.391 e. The molecule has 3 rings (SSSR count). The summed E-state index contributed by atoms with van der Waals surface area (Å²) in [5, 5.41) is 15.4. The number of hydrogen-bond donors (Lipinski definition) is 2. The summed E-state index contributed by atoms with van der Waals surface area (Å²) in [6, 6.07) is 10.6. The zero-order valence-electron chi connectivity index (χ0n) is 14.0. The van der Waals surface area contributed by atoms with Crippen LogP contribution in [0.4, 0.5) is 0 Å². The zero-order valence-corrected chi connectivity index (χ0v) is 14.8. The lowest BCUT2D eigenvalue weighted by molar-refractivity contribution is 0.126. The molecule has 1 aromatic carbocycles. The highest BCUT2D eigenvalue weighted by Crippen LogP contribution is 2.34. The van der Waals surface area contributed by atoms with E-state index in [1.165, 1.54) is 27.6 Å². The van der Waals surface area contributed by atoms with Crippen molar-refractivity contribution in [1.29, 1.82) is 0 Å². The first-order valence-corrected chi connectivity index (χ1v) is 9.45. The van der Waals surface area contributed by atoms with Crippen LogP contribution in [0.5, 0.6) is 0 Å². The highest BCUT2D eigenvalue weighted by atomic mass is 32.1. The number of benzene rings is 1. The van der Waals surface area contributed by atoms with Crippen LogP contribution in [0.2, 0.25) is 0 Å². The van der Waals surface area contributed by atoms with Crippen LogP contribution in [0.25, 0.3) is 0 Å². The Balaban J connectivity index is 1.64. The molecule has 2 aromatic rings. The monoisotopic (exact) mass is 330 g/mol. The molecule has 4 heteroatoms. The standard InChI is InChI=1S/C19H26N2OS/c1-3-18-21-16-11-7-10-15(19(16)23-18)20-13(2)17(22)12-14-8-5-4-6-9-14/h4-6,8-9,13,15,17,20,22H,3,7,10-12H2,1-2H3. The minimum atomic E-state index is -0.374. The molecule has 0 aliphatic heterocycles. The third kappa shape index (κ3) is 4.00. The van der Waals surface area contributed by atoms with E-state index in [4.69, 9.17) is 4.98 Å². The third-order valence-electron chi connectivity index (χ3n) is 4.63. The molecular formula is C19H26N2OS. The zero-order chi connectivity index (χ0) is 16.2. The maximum absolute atomic E-state index is 10.5. The molecule has 1 aromatic heterocycles. The predicted octanol–water partition coefficient (Wildman–Crippen LogP) is 3.66. The molecule has 1 aliphatic carbocycles. The van der Waals surface area contributed by atoms with Crippen molar-refractivity contribution in [2.45, 2.75) is 64.1 Å². The van der Waals surface area contributed by atoms with Crippen LogP contribution < -0.4 is 5.32 Å². The summed E-state index contributed by atoms with van der Waals surface area (Å²) in [5.74, 6) is 0. The molecule has 2 N–H and O–H groups in total. The molecule has 0 saturated heterocycles. The van der Waals surface area contributed by atoms with Gasteiger partial charge in [-0.05, 0) is 44.6 Å². The van der Waals surface area contributed by atoms with Crippen LogP contribution in [0.3, 0.4) is 0 Å². The summed E-state index contributed by atoms with van der Waals surface area (Å²) in [6.07, 6.45) is 4.75. The molecule has 1 aliphatic rings. The number of thiazole rings is 1. The molecule has 124 valence electrons. The summed E-state index contributed by atoms with van der Waals surface area (Å²) in [5.41, 5.74) is 2.46. The van der Waals surface area contributed by atoms with E-state index in [0.29, 0.717) is 12.5 Å². The number of rotatable bonds is 6. The number of aromatic nitrogens is 1. The van der Waals surface area contributed by atoms with Crippen LogP contribution in [0, 0.1) is 0 Å². The Hall–Kier alpha value is -1.23. The van der Waals surface area contributed by atoms with Gasteiger partial charge in [0, 0.05) is 17.0 Å². The average Bonchev–Trinajstić information content (AvgIpc) is 3.00. The third-order valence-corrected chi connectivity index (χ3v) is 5.98. The van der Waals surface area contributed by atoms with Crippen LogP contribution in [0.1, 0.15) is 53.9 Å². The number of nitrogens with one attached hydrogen (secondary N) is 1. The molecule has 0 saturated carbocycles. The summed E-state index contributed by atoms with van der Waals surface area (Å²) in [6.45, 7) is 4.25. The molecule has 3 atom stereocenters. The van der Waals surface area contributed by atoms with Crippen molar-refractivity contribution in [3.05, 3.63) is 51.5 Å². The lowest BCUT2D eigenvalue weighted by Gasteiger charge is -2.28. The lowest BCUT2D eigenvalue weighted by atomic mass is 9.96. The summed E-state index contributed by atoms with van der Waals surface area (Å²) in [4.78, 5) is 6.15. The molecule has 3 unspecified atom stereocenters. The van der Waals surface area contributed by atoms with Gasteiger partial charge in [-0.3, -0.25) is 0 Å². The van der Waals surface area contributed by atoms with Crippen LogP contribution in [-0.2, 0) is 19.3 Å². The smallest absolute Gasteiger partial charge is 0.0928 e. The Morgan fingerprint density at radius 2 is 2.13 bits per heavy atom. The van der Waals surface area contributed by atoms with Crippen LogP contribution >= 0.6 is 11.3 Å². The lowest BCUT2D eigenvalue weighted by Crippen LogP contribution is -2.41. The summed E-state index contributed by atoms with van der Waals surface area (Å²) >= 11 is 1.85. The van der Waals surface area contributed by atoms with Gasteiger partial charge < -0.3 is 10.4 Å². The second-order valence-corrected chi connectivity index (χ2v) is 7.54. The largest absolute Gasteiger partial charge is 0.391 e. The van der Waals surface area contributed by atoms with Gasteiger partial charge in [0.1, 0.15) is 0 Å². The molecule has 23 heavy (non-hydrogen) atoms. The summed E-state index contributed by atoms with van der Waals surface area (Å²) < 4.78 is 0. The van der Waals surface area contributed by atoms with Crippen molar-refractivity contribution < 1.29 is 5.11 Å². The predicted molar refractivity (Wildman–Crippen MR) is 95.9 cm³/mol. The van der Waals surface area contributed by atoms with Gasteiger partial charge in [-0.25, -0.2) is 4.98 Å². The minimum absolute atomic E-state index is 0.0679. The molecule has 3 nitrogen and oxygen atoms in total. The van der Waals surface area contributed by atoms with Gasteiger partial charge in [-0.2, -0.15) is 0 Å². The molecule has 0 amide bonds. The van der Waals surface area contributed by atoms with E-state index in [2.05, 4.69) is 31.3 Å². The van der Waals surface area contributed by atoms with Crippen molar-refractivity contribution in [3.63, 3.8) is 0 Å². The number of aryl methyl sites for hydroxylation is 2. The molecule has 1 heterocycles. The van der Waals surface area contributed by atoms with Crippen molar-refractivity contribution >= 4 is 11.3 Å². The number of aliphatic hydroxyl groups excluding tert-OH is 1. The van der Waals surface area contributed by atoms with Gasteiger partial charge >= 0.3 is 0 Å². The van der Waals surface area contributed by atoms with Gasteiger partial charge in [0.15, 0.2) is 0 Å². The highest BCUT2D eigenvalue weighted by molar-refractivity contribution is 7.11. The second kappa shape index (κ2) is 7.56. The summed E-state index contributed by atoms with van der Waals surface area (Å²) in [7, 11) is 0.